The molecule has 1 fully saturated rings. The predicted octanol–water partition coefficient (Wildman–Crippen LogP) is 8.46. The van der Waals surface area contributed by atoms with Crippen LogP contribution in [0.3, 0.4) is 0 Å². The number of hydrogen-bond acceptors (Lipinski definition) is 12. The van der Waals surface area contributed by atoms with Crippen molar-refractivity contribution < 1.29 is 63.3 Å². The zero-order valence-corrected chi connectivity index (χ0v) is 44.1. The molecule has 3 aliphatic heterocycles. The van der Waals surface area contributed by atoms with Crippen LogP contribution in [0.15, 0.2) is 91.5 Å². The van der Waals surface area contributed by atoms with E-state index in [0.717, 1.165) is 38.8 Å². The molecule has 22 heteroatoms. The molecule has 2 amide bonds. The standard InChI is InChI=1S/C24H29BrF2N2O5S.C15H19F2NO3.C9H10BrNO2S/c1-24(2,3)34-23(31)29-20(10-14-8-16(26)12-17(27)9-14)21(30)13-28-19-6-7-35(32,33)22-5-4-15(25)11-18(19)22;1-15(2,3)21-14(19)18-12(13-8-20-13)6-9-4-10(16)7-11(17)5-9;10-6-1-2-9-7(5-6)8(11)3-4-14(9,12)13/h4-5,8-9,11-12,19-21,28,30H,6-7,10,13H2,1-3H3,(H,29,31);4-5,7,12-13H,6,8H2,1-3H3,(H,18,19);1-2,5,8H,3-4,11H2. The summed E-state index contributed by atoms with van der Waals surface area (Å²) in [7, 11) is -6.49. The molecule has 14 nitrogen and oxygen atoms in total. The fourth-order valence-electron chi connectivity index (χ4n) is 7.60. The van der Waals surface area contributed by atoms with Gasteiger partial charge in [-0.15, -0.1) is 0 Å². The second-order valence-corrected chi connectivity index (χ2v) is 25.0. The first kappa shape index (κ1) is 56.8. The third-order valence-electron chi connectivity index (χ3n) is 10.8. The van der Waals surface area contributed by atoms with E-state index in [0.29, 0.717) is 35.5 Å². The van der Waals surface area contributed by atoms with E-state index in [1.54, 1.807) is 77.9 Å². The van der Waals surface area contributed by atoms with Crippen LogP contribution in [0.5, 0.6) is 0 Å². The van der Waals surface area contributed by atoms with Gasteiger partial charge < -0.3 is 41.0 Å². The van der Waals surface area contributed by atoms with Gasteiger partial charge in [-0.2, -0.15) is 0 Å². The molecule has 6 atom stereocenters. The zero-order valence-electron chi connectivity index (χ0n) is 39.3. The van der Waals surface area contributed by atoms with Crippen molar-refractivity contribution in [1.29, 1.82) is 0 Å². The lowest BCUT2D eigenvalue weighted by Crippen LogP contribution is -2.50. The number of carbonyl (C=O) groups excluding carboxylic acids is 2. The number of hydrogen-bond donors (Lipinski definition) is 5. The number of benzene rings is 4. The van der Waals surface area contributed by atoms with Gasteiger partial charge >= 0.3 is 12.2 Å². The molecule has 0 aliphatic carbocycles. The Hall–Kier alpha value is -4.16. The smallest absolute Gasteiger partial charge is 0.407 e. The minimum absolute atomic E-state index is 0.0189. The lowest BCUT2D eigenvalue weighted by Gasteiger charge is -2.30. The van der Waals surface area contributed by atoms with Crippen LogP contribution in [-0.4, -0.2) is 94.3 Å². The number of nitrogens with two attached hydrogens (primary N) is 1. The van der Waals surface area contributed by atoms with E-state index in [9.17, 15) is 49.1 Å². The average Bonchev–Trinajstić information content (AvgIpc) is 4.06. The fourth-order valence-corrected chi connectivity index (χ4v) is 11.6. The molecule has 1 saturated heterocycles. The number of rotatable bonds is 11. The van der Waals surface area contributed by atoms with Crippen molar-refractivity contribution in [2.24, 2.45) is 5.73 Å². The highest BCUT2D eigenvalue weighted by atomic mass is 79.9. The summed E-state index contributed by atoms with van der Waals surface area (Å²) in [4.78, 5) is 24.8. The van der Waals surface area contributed by atoms with Crippen molar-refractivity contribution in [2.45, 2.75) is 125 Å². The van der Waals surface area contributed by atoms with Crippen LogP contribution in [0.1, 0.15) is 88.7 Å². The Morgan fingerprint density at radius 3 is 1.64 bits per heavy atom. The van der Waals surface area contributed by atoms with Gasteiger partial charge in [-0.25, -0.2) is 44.0 Å². The first-order chi connectivity index (χ1) is 32.5. The van der Waals surface area contributed by atoms with Gasteiger partial charge in [-0.3, -0.25) is 0 Å². The van der Waals surface area contributed by atoms with E-state index >= 15 is 0 Å². The van der Waals surface area contributed by atoms with Gasteiger partial charge in [0.1, 0.15) is 40.6 Å². The molecule has 3 aliphatic rings. The van der Waals surface area contributed by atoms with Crippen molar-refractivity contribution >= 4 is 63.7 Å². The summed E-state index contributed by atoms with van der Waals surface area (Å²) < 4.78 is 119. The molecule has 6 unspecified atom stereocenters. The summed E-state index contributed by atoms with van der Waals surface area (Å²) in [5, 5.41) is 19.4. The van der Waals surface area contributed by atoms with Crippen molar-refractivity contribution in [2.75, 3.05) is 24.7 Å². The summed E-state index contributed by atoms with van der Waals surface area (Å²) in [6.07, 6.45) is -1.65. The van der Waals surface area contributed by atoms with Gasteiger partial charge in [0.15, 0.2) is 19.7 Å². The molecule has 3 heterocycles. The van der Waals surface area contributed by atoms with Crippen molar-refractivity contribution in [3.63, 3.8) is 0 Å². The molecule has 0 saturated carbocycles. The van der Waals surface area contributed by atoms with E-state index < -0.39 is 78.5 Å². The van der Waals surface area contributed by atoms with Crippen molar-refractivity contribution in [3.05, 3.63) is 127 Å². The monoisotopic (exact) mass is 1150 g/mol. The Bertz CT molecular complexity index is 2700. The van der Waals surface area contributed by atoms with Crippen LogP contribution in [-0.2, 0) is 46.7 Å². The van der Waals surface area contributed by atoms with Gasteiger partial charge in [-0.1, -0.05) is 31.9 Å². The van der Waals surface area contributed by atoms with Crippen LogP contribution >= 0.6 is 31.9 Å². The van der Waals surface area contributed by atoms with Crippen LogP contribution in [0, 0.1) is 23.3 Å². The molecular weight excluding hydrogens is 1090 g/mol. The summed E-state index contributed by atoms with van der Waals surface area (Å²) in [6.45, 7) is 10.8. The molecule has 6 N–H and O–H groups in total. The number of sulfone groups is 2. The minimum atomic E-state index is -3.40. The Balaban J connectivity index is 0.000000219. The van der Waals surface area contributed by atoms with Gasteiger partial charge in [0.05, 0.1) is 46.1 Å². The predicted molar refractivity (Wildman–Crippen MR) is 261 cm³/mol. The van der Waals surface area contributed by atoms with Crippen LogP contribution in [0.4, 0.5) is 27.2 Å². The number of fused-ring (bicyclic) bond motifs is 2. The molecule has 70 heavy (non-hydrogen) atoms. The summed E-state index contributed by atoms with van der Waals surface area (Å²) >= 11 is 6.67. The quantitative estimate of drug-likeness (QED) is 0.0707. The molecular formula is C48H58Br2F4N4O10S2. The topological polar surface area (TPSA) is 216 Å². The Morgan fingerprint density at radius 2 is 1.16 bits per heavy atom. The largest absolute Gasteiger partial charge is 0.444 e. The maximum Gasteiger partial charge on any atom is 0.407 e. The molecule has 0 radical (unpaired) electrons. The molecule has 4 aromatic carbocycles. The maximum atomic E-state index is 13.7. The van der Waals surface area contributed by atoms with Crippen molar-refractivity contribution in [1.82, 2.24) is 16.0 Å². The van der Waals surface area contributed by atoms with E-state index in [1.165, 1.54) is 12.1 Å². The number of carbonyl (C=O) groups is 2. The number of ether oxygens (including phenoxy) is 3. The Labute approximate surface area is 422 Å². The molecule has 0 aromatic heterocycles. The van der Waals surface area contributed by atoms with Crippen LogP contribution in [0.2, 0.25) is 0 Å². The number of nitrogens with one attached hydrogen (secondary N) is 3. The first-order valence-corrected chi connectivity index (χ1v) is 27.1. The lowest BCUT2D eigenvalue weighted by molar-refractivity contribution is 0.0418. The zero-order chi connectivity index (χ0) is 51.9. The van der Waals surface area contributed by atoms with E-state index in [2.05, 4.69) is 47.8 Å². The number of aliphatic hydroxyl groups excluding tert-OH is 1. The number of aliphatic hydroxyl groups is 1. The van der Waals surface area contributed by atoms with Gasteiger partial charge in [-0.05, 0) is 150 Å². The van der Waals surface area contributed by atoms with Gasteiger partial charge in [0.25, 0.3) is 0 Å². The summed E-state index contributed by atoms with van der Waals surface area (Å²) in [5.41, 5.74) is 6.48. The summed E-state index contributed by atoms with van der Waals surface area (Å²) in [5.74, 6) is -2.71. The second kappa shape index (κ2) is 23.6. The first-order valence-electron chi connectivity index (χ1n) is 22.2. The molecule has 0 bridgehead atoms. The highest BCUT2D eigenvalue weighted by Gasteiger charge is 2.36. The number of epoxide rings is 1. The highest BCUT2D eigenvalue weighted by Crippen LogP contribution is 2.35. The number of halogens is 6. The van der Waals surface area contributed by atoms with Crippen molar-refractivity contribution in [3.8, 4) is 0 Å². The average molecular weight is 1150 g/mol. The maximum absolute atomic E-state index is 13.7. The highest BCUT2D eigenvalue weighted by molar-refractivity contribution is 9.10. The lowest BCUT2D eigenvalue weighted by atomic mass is 9.99. The van der Waals surface area contributed by atoms with Crippen LogP contribution < -0.4 is 21.7 Å². The van der Waals surface area contributed by atoms with Gasteiger partial charge in [0, 0.05) is 39.7 Å². The van der Waals surface area contributed by atoms with Gasteiger partial charge in [0.2, 0.25) is 0 Å². The van der Waals surface area contributed by atoms with E-state index in [-0.39, 0.29) is 65.6 Å². The minimum Gasteiger partial charge on any atom is -0.444 e. The number of alkyl carbamates (subject to hydrolysis) is 2. The Kier molecular flexibility index (Phi) is 19.1. The number of amides is 2. The third kappa shape index (κ3) is 17.6. The summed E-state index contributed by atoms with van der Waals surface area (Å²) in [6, 6.07) is 14.6. The SMILES string of the molecule is CC(C)(C)OC(=O)NC(Cc1cc(F)cc(F)c1)C(O)CNC1CCS(=O)(=O)c2ccc(Br)cc21.CC(C)(C)OC(=O)NC(Cc1cc(F)cc(F)c1)C1CO1.NC1CCS(=O)(=O)c2ccc(Br)cc21. The molecule has 4 aromatic rings. The molecule has 384 valence electrons. The third-order valence-corrected chi connectivity index (χ3v) is 15.4. The molecule has 7 rings (SSSR count). The van der Waals surface area contributed by atoms with E-state index in [4.69, 9.17) is 19.9 Å². The van der Waals surface area contributed by atoms with E-state index in [1.807, 2.05) is 0 Å². The Morgan fingerprint density at radius 1 is 0.714 bits per heavy atom. The normalized spacial score (nSPS) is 20.0. The van der Waals surface area contributed by atoms with Crippen LogP contribution in [0.25, 0.3) is 0 Å². The second-order valence-electron chi connectivity index (χ2n) is 19.1. The molecule has 0 spiro atoms. The fraction of sp³-hybridized carbons (Fsp3) is 0.458.